The van der Waals surface area contributed by atoms with E-state index in [0.717, 1.165) is 20.5 Å². The van der Waals surface area contributed by atoms with Crippen LogP contribution < -0.4 is 0 Å². The molecule has 0 bridgehead atoms. The number of carboxylic acids is 1. The van der Waals surface area contributed by atoms with E-state index in [4.69, 9.17) is 5.11 Å². The summed E-state index contributed by atoms with van der Waals surface area (Å²) in [6.45, 7) is 2.07. The van der Waals surface area contributed by atoms with Crippen molar-refractivity contribution in [3.63, 3.8) is 0 Å². The van der Waals surface area contributed by atoms with E-state index >= 15 is 0 Å². The summed E-state index contributed by atoms with van der Waals surface area (Å²) in [6, 6.07) is 5.82. The fourth-order valence-electron chi connectivity index (χ4n) is 1.63. The Hall–Kier alpha value is -1.50. The molecule has 0 aromatic carbocycles. The van der Waals surface area contributed by atoms with E-state index in [1.54, 1.807) is 34.1 Å². The predicted octanol–water partition coefficient (Wildman–Crippen LogP) is 4.61. The van der Waals surface area contributed by atoms with Crippen LogP contribution in [0.25, 0.3) is 20.5 Å². The number of thiophene rings is 2. The molecule has 3 heterocycles. The van der Waals surface area contributed by atoms with E-state index in [1.807, 2.05) is 5.38 Å². The van der Waals surface area contributed by atoms with Gasteiger partial charge in [0.05, 0.1) is 21.0 Å². The third-order valence-corrected chi connectivity index (χ3v) is 5.52. The van der Waals surface area contributed by atoms with Crippen LogP contribution in [0.4, 0.5) is 0 Å². The van der Waals surface area contributed by atoms with Crippen LogP contribution in [-0.4, -0.2) is 16.1 Å². The molecular formula is C13H9NO2S3. The van der Waals surface area contributed by atoms with Gasteiger partial charge in [0.1, 0.15) is 5.01 Å². The Bertz CT molecular complexity index is 739. The minimum absolute atomic E-state index is 0.321. The Labute approximate surface area is 121 Å². The van der Waals surface area contributed by atoms with Crippen LogP contribution >= 0.6 is 34.0 Å². The summed E-state index contributed by atoms with van der Waals surface area (Å²) in [7, 11) is 0. The second-order valence-corrected chi connectivity index (χ2v) is 7.01. The van der Waals surface area contributed by atoms with Gasteiger partial charge in [-0.25, -0.2) is 9.78 Å². The Kier molecular flexibility index (Phi) is 3.22. The van der Waals surface area contributed by atoms with Crippen LogP contribution in [-0.2, 0) is 0 Å². The molecule has 3 aromatic rings. The molecule has 0 aliphatic heterocycles. The number of carbonyl (C=O) groups is 1. The van der Waals surface area contributed by atoms with E-state index in [9.17, 15) is 4.79 Å². The van der Waals surface area contributed by atoms with Crippen molar-refractivity contribution in [2.75, 3.05) is 0 Å². The lowest BCUT2D eigenvalue weighted by atomic mass is 10.3. The first-order valence-electron chi connectivity index (χ1n) is 5.48. The number of aromatic carboxylic acids is 1. The maximum atomic E-state index is 10.9. The monoisotopic (exact) mass is 307 g/mol. The van der Waals surface area contributed by atoms with Crippen molar-refractivity contribution in [1.29, 1.82) is 0 Å². The van der Waals surface area contributed by atoms with Gasteiger partial charge in [0.25, 0.3) is 0 Å². The molecule has 0 aliphatic carbocycles. The first-order chi connectivity index (χ1) is 9.13. The number of thiazole rings is 1. The first-order valence-corrected chi connectivity index (χ1v) is 8.05. The van der Waals surface area contributed by atoms with Crippen LogP contribution in [0.5, 0.6) is 0 Å². The summed E-state index contributed by atoms with van der Waals surface area (Å²) in [5.74, 6) is -0.896. The van der Waals surface area contributed by atoms with Crippen molar-refractivity contribution in [2.45, 2.75) is 6.92 Å². The Morgan fingerprint density at radius 1 is 1.21 bits per heavy atom. The van der Waals surface area contributed by atoms with E-state index in [2.05, 4.69) is 24.0 Å². The summed E-state index contributed by atoms with van der Waals surface area (Å²) in [5, 5.41) is 13.5. The van der Waals surface area contributed by atoms with Crippen LogP contribution in [0.1, 0.15) is 15.2 Å². The van der Waals surface area contributed by atoms with Gasteiger partial charge in [0.15, 0.2) is 0 Å². The fourth-order valence-corrected chi connectivity index (χ4v) is 4.31. The van der Waals surface area contributed by atoms with Gasteiger partial charge in [-0.2, -0.15) is 0 Å². The van der Waals surface area contributed by atoms with Crippen molar-refractivity contribution in [3.05, 3.63) is 39.4 Å². The number of aryl methyl sites for hydroxylation is 1. The Morgan fingerprint density at radius 3 is 2.68 bits per heavy atom. The minimum Gasteiger partial charge on any atom is -0.478 e. The highest BCUT2D eigenvalue weighted by atomic mass is 32.1. The van der Waals surface area contributed by atoms with Crippen molar-refractivity contribution < 1.29 is 9.90 Å². The minimum atomic E-state index is -0.896. The van der Waals surface area contributed by atoms with Gasteiger partial charge in [0.2, 0.25) is 0 Å². The van der Waals surface area contributed by atoms with Crippen LogP contribution in [0, 0.1) is 6.92 Å². The van der Waals surface area contributed by atoms with Crippen molar-refractivity contribution >= 4 is 40.0 Å². The molecule has 0 spiro atoms. The first kappa shape index (κ1) is 12.5. The molecule has 3 rings (SSSR count). The van der Waals surface area contributed by atoms with E-state index in [0.29, 0.717) is 5.56 Å². The number of hydrogen-bond donors (Lipinski definition) is 1. The third kappa shape index (κ3) is 2.47. The summed E-state index contributed by atoms with van der Waals surface area (Å²) < 4.78 is 0. The number of hydrogen-bond acceptors (Lipinski definition) is 5. The Morgan fingerprint density at radius 2 is 2.05 bits per heavy atom. The molecule has 0 saturated heterocycles. The summed E-state index contributed by atoms with van der Waals surface area (Å²) in [6.07, 6.45) is 0. The average Bonchev–Trinajstić information content (AvgIpc) is 3.07. The van der Waals surface area contributed by atoms with Gasteiger partial charge in [-0.05, 0) is 25.1 Å². The summed E-state index contributed by atoms with van der Waals surface area (Å²) in [4.78, 5) is 18.8. The smallest absolute Gasteiger partial charge is 0.336 e. The maximum absolute atomic E-state index is 10.9. The molecule has 6 heteroatoms. The van der Waals surface area contributed by atoms with Gasteiger partial charge in [0, 0.05) is 15.6 Å². The molecule has 0 amide bonds. The molecule has 0 atom stereocenters. The van der Waals surface area contributed by atoms with Gasteiger partial charge in [-0.15, -0.1) is 34.0 Å². The van der Waals surface area contributed by atoms with Crippen molar-refractivity contribution in [2.24, 2.45) is 0 Å². The zero-order chi connectivity index (χ0) is 13.4. The lowest BCUT2D eigenvalue weighted by Gasteiger charge is -1.89. The molecule has 19 heavy (non-hydrogen) atoms. The highest BCUT2D eigenvalue weighted by Gasteiger charge is 2.12. The predicted molar refractivity (Wildman–Crippen MR) is 80.4 cm³/mol. The molecule has 0 unspecified atom stereocenters. The van der Waals surface area contributed by atoms with Crippen molar-refractivity contribution in [1.82, 2.24) is 4.98 Å². The highest BCUT2D eigenvalue weighted by Crippen LogP contribution is 2.35. The Balaban J connectivity index is 1.94. The topological polar surface area (TPSA) is 50.2 Å². The van der Waals surface area contributed by atoms with E-state index in [-0.39, 0.29) is 0 Å². The standard InChI is InChI=1S/C13H9NO2S3/c1-7-2-3-10(19-7)12-14-9(6-18-12)11-4-8(5-17-11)13(15)16/h2-6H,1H3,(H,15,16). The van der Waals surface area contributed by atoms with Gasteiger partial charge in [-0.3, -0.25) is 0 Å². The maximum Gasteiger partial charge on any atom is 0.336 e. The molecule has 96 valence electrons. The van der Waals surface area contributed by atoms with Gasteiger partial charge >= 0.3 is 5.97 Å². The van der Waals surface area contributed by atoms with E-state index < -0.39 is 5.97 Å². The normalized spacial score (nSPS) is 10.8. The van der Waals surface area contributed by atoms with E-state index in [1.165, 1.54) is 16.2 Å². The largest absolute Gasteiger partial charge is 0.478 e. The average molecular weight is 307 g/mol. The second-order valence-electron chi connectivity index (χ2n) is 3.95. The molecule has 3 aromatic heterocycles. The van der Waals surface area contributed by atoms with Crippen LogP contribution in [0.15, 0.2) is 29.0 Å². The number of aromatic nitrogens is 1. The molecular weight excluding hydrogens is 298 g/mol. The molecule has 0 saturated carbocycles. The molecule has 3 nitrogen and oxygen atoms in total. The quantitative estimate of drug-likeness (QED) is 0.769. The van der Waals surface area contributed by atoms with Crippen molar-refractivity contribution in [3.8, 4) is 20.5 Å². The fraction of sp³-hybridized carbons (Fsp3) is 0.0769. The number of rotatable bonds is 3. The zero-order valence-electron chi connectivity index (χ0n) is 9.91. The van der Waals surface area contributed by atoms with Gasteiger partial charge < -0.3 is 5.11 Å². The SMILES string of the molecule is Cc1ccc(-c2nc(-c3cc(C(=O)O)cs3)cs2)s1. The molecule has 0 radical (unpaired) electrons. The molecule has 0 aliphatic rings. The number of carboxylic acid groups (broad SMARTS) is 1. The lowest BCUT2D eigenvalue weighted by Crippen LogP contribution is -1.91. The lowest BCUT2D eigenvalue weighted by molar-refractivity contribution is 0.0697. The van der Waals surface area contributed by atoms with Crippen LogP contribution in [0.2, 0.25) is 0 Å². The zero-order valence-corrected chi connectivity index (χ0v) is 12.4. The highest BCUT2D eigenvalue weighted by molar-refractivity contribution is 7.21. The van der Waals surface area contributed by atoms with Crippen LogP contribution in [0.3, 0.4) is 0 Å². The van der Waals surface area contributed by atoms with Gasteiger partial charge in [-0.1, -0.05) is 0 Å². The molecule has 1 N–H and O–H groups in total. The summed E-state index contributed by atoms with van der Waals surface area (Å²) >= 11 is 4.72. The third-order valence-electron chi connectivity index (χ3n) is 2.55. The number of nitrogens with zero attached hydrogens (tertiary/aromatic N) is 1. The second kappa shape index (κ2) is 4.88. The molecule has 0 fully saturated rings. The summed E-state index contributed by atoms with van der Waals surface area (Å²) in [5.41, 5.74) is 1.17.